The minimum atomic E-state index is -1.17. The van der Waals surface area contributed by atoms with Gasteiger partial charge < -0.3 is 5.11 Å². The Labute approximate surface area is 49.7 Å². The Kier molecular flexibility index (Phi) is 11.2. The third kappa shape index (κ3) is 12.3. The fourth-order valence-electron chi connectivity index (χ4n) is 0. The van der Waals surface area contributed by atoms with E-state index in [1.165, 1.54) is 6.92 Å². The van der Waals surface area contributed by atoms with Gasteiger partial charge in [-0.1, -0.05) is 6.92 Å². The molecule has 4 heavy (non-hydrogen) atoms. The minimum absolute atomic E-state index is 0. The summed E-state index contributed by atoms with van der Waals surface area (Å²) in [5, 5.41) is 9.19. The molecule has 0 aliphatic rings. The first-order valence-electron chi connectivity index (χ1n) is 1.39. The van der Waals surface area contributed by atoms with Crippen LogP contribution in [-0.2, 0) is 0 Å². The van der Waals surface area contributed by atoms with Gasteiger partial charge >= 0.3 is 29.6 Å². The summed E-state index contributed by atoms with van der Waals surface area (Å²) in [6.07, 6.45) is 0. The zero-order valence-corrected chi connectivity index (χ0v) is 4.99. The summed E-state index contributed by atoms with van der Waals surface area (Å²) >= 11 is 0. The van der Waals surface area contributed by atoms with Crippen LogP contribution in [0.4, 0.5) is 0 Å². The second-order valence-electron chi connectivity index (χ2n) is 0.236. The molecule has 0 spiro atoms. The maximum absolute atomic E-state index is 9.19. The van der Waals surface area contributed by atoms with Gasteiger partial charge in [0.1, 0.15) is 0 Å². The van der Waals surface area contributed by atoms with Gasteiger partial charge in [0, 0.05) is 1.37 Å². The Morgan fingerprint density at radius 3 is 2.25 bits per heavy atom. The van der Waals surface area contributed by atoms with Crippen molar-refractivity contribution < 1.29 is 36.0 Å². The van der Waals surface area contributed by atoms with E-state index in [1.807, 2.05) is 0 Å². The minimum Gasteiger partial charge on any atom is -0.855 e. The predicted molar refractivity (Wildman–Crippen MR) is 10.5 cm³/mol. The molecule has 0 aromatic heterocycles. The molecule has 0 saturated carbocycles. The van der Waals surface area contributed by atoms with Crippen LogP contribution in [0.15, 0.2) is 0 Å². The molecule has 1 nitrogen and oxygen atoms in total. The van der Waals surface area contributed by atoms with Crippen LogP contribution in [0.1, 0.15) is 8.29 Å². The van der Waals surface area contributed by atoms with E-state index in [2.05, 4.69) is 0 Å². The summed E-state index contributed by atoms with van der Waals surface area (Å²) in [4.78, 5) is 0. The van der Waals surface area contributed by atoms with E-state index in [4.69, 9.17) is 1.37 Å². The van der Waals surface area contributed by atoms with Gasteiger partial charge in [0.2, 0.25) is 0 Å². The standard InChI is InChI=1S/C2H5O.Na/c1-2-3;/h2H2,1H3;/q-1;+1/i2D;. The van der Waals surface area contributed by atoms with Crippen molar-refractivity contribution in [1.82, 2.24) is 0 Å². The molecule has 0 amide bonds. The fraction of sp³-hybridized carbons (Fsp3) is 1.00. The molecular formula is C2H5NaO. The molecule has 0 fully saturated rings. The van der Waals surface area contributed by atoms with Gasteiger partial charge in [0.15, 0.2) is 0 Å². The summed E-state index contributed by atoms with van der Waals surface area (Å²) in [6, 6.07) is 0. The Bertz CT molecular complexity index is 14.4. The van der Waals surface area contributed by atoms with Crippen LogP contribution in [0.3, 0.4) is 0 Å². The second-order valence-corrected chi connectivity index (χ2v) is 0.236. The smallest absolute Gasteiger partial charge is 0.855 e. The average molecular weight is 69.1 g/mol. The third-order valence-electron chi connectivity index (χ3n) is 0. The predicted octanol–water partition coefficient (Wildman–Crippen LogP) is -3.63. The van der Waals surface area contributed by atoms with Crippen LogP contribution in [0.2, 0.25) is 0 Å². The van der Waals surface area contributed by atoms with E-state index in [0.717, 1.165) is 0 Å². The van der Waals surface area contributed by atoms with Crippen LogP contribution in [0, 0.1) is 0 Å². The Morgan fingerprint density at radius 1 is 2.25 bits per heavy atom. The molecule has 1 atom stereocenters. The van der Waals surface area contributed by atoms with E-state index in [-0.39, 0.29) is 29.6 Å². The van der Waals surface area contributed by atoms with Gasteiger partial charge in [-0.2, -0.15) is 0 Å². The van der Waals surface area contributed by atoms with Crippen LogP contribution < -0.4 is 34.7 Å². The van der Waals surface area contributed by atoms with Crippen LogP contribution in [0.25, 0.3) is 0 Å². The van der Waals surface area contributed by atoms with E-state index < -0.39 is 6.58 Å². The van der Waals surface area contributed by atoms with Crippen LogP contribution in [-0.4, -0.2) is 6.58 Å². The van der Waals surface area contributed by atoms with Gasteiger partial charge in [-0.05, 0) is 0 Å². The largest absolute Gasteiger partial charge is 1.00 e. The van der Waals surface area contributed by atoms with Crippen molar-refractivity contribution in [2.45, 2.75) is 6.92 Å². The molecule has 0 aliphatic carbocycles. The molecule has 0 heterocycles. The third-order valence-corrected chi connectivity index (χ3v) is 0. The Balaban J connectivity index is 0. The molecule has 20 valence electrons. The van der Waals surface area contributed by atoms with Crippen LogP contribution in [0.5, 0.6) is 0 Å². The van der Waals surface area contributed by atoms with Crippen molar-refractivity contribution in [2.24, 2.45) is 0 Å². The van der Waals surface area contributed by atoms with Crippen molar-refractivity contribution in [3.63, 3.8) is 0 Å². The fourth-order valence-corrected chi connectivity index (χ4v) is 0. The first kappa shape index (κ1) is 4.96. The summed E-state index contributed by atoms with van der Waals surface area (Å²) < 4.78 is 6.03. The normalized spacial score (nSPS) is 16.0. The first-order valence-corrected chi connectivity index (χ1v) is 0.813. The van der Waals surface area contributed by atoms with Gasteiger partial charge in [0.25, 0.3) is 0 Å². The molecule has 0 aromatic rings. The number of hydrogen-bond donors (Lipinski definition) is 0. The number of rotatable bonds is 0. The summed E-state index contributed by atoms with van der Waals surface area (Å²) in [5.41, 5.74) is 0. The Morgan fingerprint density at radius 2 is 2.25 bits per heavy atom. The zero-order valence-electron chi connectivity index (χ0n) is 3.99. The van der Waals surface area contributed by atoms with E-state index in [1.54, 1.807) is 0 Å². The molecule has 0 aliphatic heterocycles. The van der Waals surface area contributed by atoms with Gasteiger partial charge in [-0.25, -0.2) is 0 Å². The molecule has 0 bridgehead atoms. The average Bonchev–Trinajstić information content (AvgIpc) is 0.811. The topological polar surface area (TPSA) is 23.1 Å². The van der Waals surface area contributed by atoms with E-state index in [9.17, 15) is 5.11 Å². The maximum Gasteiger partial charge on any atom is 1.00 e. The van der Waals surface area contributed by atoms with Gasteiger partial charge in [-0.3, -0.25) is 0 Å². The molecule has 0 rings (SSSR count). The van der Waals surface area contributed by atoms with Crippen molar-refractivity contribution in [2.75, 3.05) is 6.58 Å². The Hall–Kier alpha value is 0.960. The molecule has 1 unspecified atom stereocenters. The second kappa shape index (κ2) is 9.03. The molecule has 0 saturated heterocycles. The van der Waals surface area contributed by atoms with Crippen molar-refractivity contribution in [3.05, 3.63) is 0 Å². The molecule has 2 heteroatoms. The van der Waals surface area contributed by atoms with Crippen molar-refractivity contribution >= 4 is 0 Å². The summed E-state index contributed by atoms with van der Waals surface area (Å²) in [7, 11) is 0. The molecular weight excluding hydrogens is 63.0 g/mol. The monoisotopic (exact) mass is 69.0 g/mol. The number of hydrogen-bond acceptors (Lipinski definition) is 1. The van der Waals surface area contributed by atoms with Crippen molar-refractivity contribution in [3.8, 4) is 0 Å². The molecule has 0 aromatic carbocycles. The summed E-state index contributed by atoms with van der Waals surface area (Å²) in [6.45, 7) is 0.111. The van der Waals surface area contributed by atoms with Crippen molar-refractivity contribution in [1.29, 1.82) is 0 Å². The molecule has 0 radical (unpaired) electrons. The molecule has 0 N–H and O–H groups in total. The quantitative estimate of drug-likeness (QED) is 0.269. The van der Waals surface area contributed by atoms with Gasteiger partial charge in [-0.15, -0.1) is 6.58 Å². The first-order chi connectivity index (χ1) is 1.73. The van der Waals surface area contributed by atoms with E-state index >= 15 is 0 Å². The summed E-state index contributed by atoms with van der Waals surface area (Å²) in [5.74, 6) is 0. The van der Waals surface area contributed by atoms with E-state index in [0.29, 0.717) is 0 Å². The SMILES string of the molecule is [2H]C(C)[O-].[Na+]. The van der Waals surface area contributed by atoms with Crippen LogP contribution >= 0.6 is 0 Å². The maximum atomic E-state index is 9.19. The van der Waals surface area contributed by atoms with Gasteiger partial charge in [0.05, 0.1) is 0 Å². The zero-order chi connectivity index (χ0) is 3.58.